The van der Waals surface area contributed by atoms with Crippen LogP contribution in [0.4, 0.5) is 0 Å². The Balaban J connectivity index is 1.98. The molecule has 2 fully saturated rings. The number of Topliss-reactive ketones (excluding diaryl/α,β-unsaturated/α-hetero) is 1. The molecular weight excluding hydrogens is 376 g/mol. The van der Waals surface area contributed by atoms with Crippen LogP contribution in [0.1, 0.15) is 65.7 Å². The van der Waals surface area contributed by atoms with Gasteiger partial charge in [-0.15, -0.1) is 0 Å². The molecule has 4 heterocycles. The van der Waals surface area contributed by atoms with Gasteiger partial charge in [-0.2, -0.15) is 0 Å². The molecule has 7 unspecified atom stereocenters. The number of carbonyl (C=O) groups excluding carboxylic acids is 2. The van der Waals surface area contributed by atoms with Crippen LogP contribution in [0.25, 0.3) is 0 Å². The summed E-state index contributed by atoms with van der Waals surface area (Å²) in [5.41, 5.74) is -0.275. The summed E-state index contributed by atoms with van der Waals surface area (Å²) in [5, 5.41) is 31.4. The van der Waals surface area contributed by atoms with Gasteiger partial charge in [-0.05, 0) is 44.9 Å². The van der Waals surface area contributed by atoms with Crippen LogP contribution in [0, 0.1) is 17.8 Å². The maximum Gasteiger partial charge on any atom is 0.337 e. The van der Waals surface area contributed by atoms with Gasteiger partial charge in [0.05, 0.1) is 35.9 Å². The maximum absolute atomic E-state index is 12.9. The zero-order valence-electron chi connectivity index (χ0n) is 17.6. The lowest BCUT2D eigenvalue weighted by molar-refractivity contribution is -0.153. The first-order valence-electron chi connectivity index (χ1n) is 10.8. The highest BCUT2D eigenvalue weighted by atomic mass is 16.5. The van der Waals surface area contributed by atoms with E-state index >= 15 is 0 Å². The van der Waals surface area contributed by atoms with Crippen molar-refractivity contribution in [2.45, 2.75) is 89.6 Å². The number of aliphatic hydroxyl groups is 3. The number of ketones is 1. The third-order valence-corrected chi connectivity index (χ3v) is 6.84. The minimum Gasteiger partial charge on any atom is -0.511 e. The number of fused-ring (bicyclic) bond motifs is 7. The van der Waals surface area contributed by atoms with E-state index < -0.39 is 41.7 Å². The quantitative estimate of drug-likeness (QED) is 0.612. The fourth-order valence-electron chi connectivity index (χ4n) is 5.24. The SMILES string of the molecule is CCCC1C(O)=C2CCC3(C)CC(C)C(O3)C(O)CC(CO)C(=O)CC1OC2=O. The fraction of sp³-hybridized carbons (Fsp3) is 0.818. The highest BCUT2D eigenvalue weighted by Gasteiger charge is 2.47. The number of hydrogen-bond donors (Lipinski definition) is 3. The molecule has 4 aliphatic rings. The average molecular weight is 411 g/mol. The topological polar surface area (TPSA) is 113 Å². The van der Waals surface area contributed by atoms with Crippen molar-refractivity contribution >= 4 is 11.8 Å². The summed E-state index contributed by atoms with van der Waals surface area (Å²) in [7, 11) is 0. The third-order valence-electron chi connectivity index (χ3n) is 6.84. The summed E-state index contributed by atoms with van der Waals surface area (Å²) in [6.45, 7) is 5.54. The van der Waals surface area contributed by atoms with E-state index in [4.69, 9.17) is 9.47 Å². The number of ether oxygens (including phenoxy) is 2. The van der Waals surface area contributed by atoms with Gasteiger partial charge in [0.25, 0.3) is 0 Å². The van der Waals surface area contributed by atoms with Crippen LogP contribution in [0.3, 0.4) is 0 Å². The van der Waals surface area contributed by atoms with Crippen LogP contribution in [0.2, 0.25) is 0 Å². The molecular formula is C22H34O7. The lowest BCUT2D eigenvalue weighted by Gasteiger charge is -2.34. The van der Waals surface area contributed by atoms with Crippen molar-refractivity contribution in [3.8, 4) is 0 Å². The zero-order valence-corrected chi connectivity index (χ0v) is 17.6. The molecule has 0 aromatic heterocycles. The van der Waals surface area contributed by atoms with E-state index in [-0.39, 0.29) is 42.5 Å². The number of hydrogen-bond acceptors (Lipinski definition) is 7. The third kappa shape index (κ3) is 4.52. The van der Waals surface area contributed by atoms with E-state index in [0.717, 1.165) is 6.42 Å². The summed E-state index contributed by atoms with van der Waals surface area (Å²) >= 11 is 0. The fourth-order valence-corrected chi connectivity index (χ4v) is 5.24. The standard InChI is InChI=1S/C22H34O7/c1-4-5-14-18-9-16(24)13(11-23)8-17(25)20-12(2)10-22(3,29-20)7-6-15(19(14)26)21(27)28-18/h12-14,17-18,20,23,25-26H,4-11H2,1-3H3. The van der Waals surface area contributed by atoms with Gasteiger partial charge in [-0.25, -0.2) is 4.79 Å². The van der Waals surface area contributed by atoms with Gasteiger partial charge in [0, 0.05) is 12.3 Å². The molecule has 7 atom stereocenters. The van der Waals surface area contributed by atoms with Gasteiger partial charge >= 0.3 is 5.97 Å². The van der Waals surface area contributed by atoms with Gasteiger partial charge in [0.1, 0.15) is 17.6 Å². The lowest BCUT2D eigenvalue weighted by Crippen LogP contribution is -2.41. The molecule has 3 N–H and O–H groups in total. The molecule has 2 saturated heterocycles. The van der Waals surface area contributed by atoms with Crippen LogP contribution in [0.5, 0.6) is 0 Å². The predicted octanol–water partition coefficient (Wildman–Crippen LogP) is 2.44. The van der Waals surface area contributed by atoms with E-state index in [1.165, 1.54) is 0 Å². The van der Waals surface area contributed by atoms with Crippen molar-refractivity contribution in [2.75, 3.05) is 6.61 Å². The molecule has 0 aliphatic carbocycles. The molecule has 0 radical (unpaired) electrons. The summed E-state index contributed by atoms with van der Waals surface area (Å²) in [6, 6.07) is 0. The predicted molar refractivity (Wildman–Crippen MR) is 105 cm³/mol. The Morgan fingerprint density at radius 1 is 1.28 bits per heavy atom. The van der Waals surface area contributed by atoms with Crippen molar-refractivity contribution in [1.29, 1.82) is 0 Å². The minimum absolute atomic E-state index is 0.0322. The molecule has 0 aromatic rings. The minimum atomic E-state index is -0.852. The normalized spacial score (nSPS) is 41.4. The Kier molecular flexibility index (Phi) is 6.70. The van der Waals surface area contributed by atoms with Gasteiger partial charge in [0.2, 0.25) is 0 Å². The summed E-state index contributed by atoms with van der Waals surface area (Å²) < 4.78 is 11.8. The monoisotopic (exact) mass is 410 g/mol. The smallest absolute Gasteiger partial charge is 0.337 e. The molecule has 4 rings (SSSR count). The Labute approximate surface area is 172 Å². The molecule has 4 bridgehead atoms. The Morgan fingerprint density at radius 3 is 2.66 bits per heavy atom. The largest absolute Gasteiger partial charge is 0.511 e. The maximum atomic E-state index is 12.9. The molecule has 7 nitrogen and oxygen atoms in total. The van der Waals surface area contributed by atoms with Crippen LogP contribution < -0.4 is 0 Å². The van der Waals surface area contributed by atoms with E-state index in [1.807, 2.05) is 20.8 Å². The van der Waals surface area contributed by atoms with E-state index in [0.29, 0.717) is 25.7 Å². The van der Waals surface area contributed by atoms with E-state index in [1.54, 1.807) is 0 Å². The van der Waals surface area contributed by atoms with Crippen LogP contribution in [0.15, 0.2) is 11.3 Å². The first kappa shape index (κ1) is 22.2. The van der Waals surface area contributed by atoms with E-state index in [2.05, 4.69) is 0 Å². The molecule has 29 heavy (non-hydrogen) atoms. The number of carbonyl (C=O) groups is 2. The van der Waals surface area contributed by atoms with Crippen molar-refractivity contribution in [1.82, 2.24) is 0 Å². The first-order chi connectivity index (χ1) is 13.7. The summed E-state index contributed by atoms with van der Waals surface area (Å²) in [4.78, 5) is 25.5. The highest BCUT2D eigenvalue weighted by Crippen LogP contribution is 2.43. The van der Waals surface area contributed by atoms with Crippen LogP contribution in [-0.2, 0) is 19.1 Å². The second kappa shape index (κ2) is 8.74. The second-order valence-corrected chi connectivity index (χ2v) is 9.27. The second-order valence-electron chi connectivity index (χ2n) is 9.27. The number of esters is 1. The Morgan fingerprint density at radius 2 is 2.00 bits per heavy atom. The molecule has 4 aliphatic heterocycles. The van der Waals surface area contributed by atoms with Crippen molar-refractivity contribution in [2.24, 2.45) is 17.8 Å². The molecule has 7 heteroatoms. The number of aliphatic hydroxyl groups excluding tert-OH is 3. The van der Waals surface area contributed by atoms with Gasteiger partial charge in [-0.3, -0.25) is 4.79 Å². The summed E-state index contributed by atoms with van der Waals surface area (Å²) in [6.07, 6.45) is 0.937. The van der Waals surface area contributed by atoms with Crippen molar-refractivity contribution < 1.29 is 34.4 Å². The van der Waals surface area contributed by atoms with Crippen molar-refractivity contribution in [3.63, 3.8) is 0 Å². The van der Waals surface area contributed by atoms with Crippen LogP contribution in [-0.4, -0.2) is 57.6 Å². The zero-order chi connectivity index (χ0) is 21.3. The molecule has 0 saturated carbocycles. The molecule has 0 amide bonds. The first-order valence-corrected chi connectivity index (χ1v) is 10.8. The molecule has 0 spiro atoms. The summed E-state index contributed by atoms with van der Waals surface area (Å²) in [5.74, 6) is -1.92. The Bertz CT molecular complexity index is 672. The highest BCUT2D eigenvalue weighted by molar-refractivity contribution is 5.91. The molecule has 0 aromatic carbocycles. The van der Waals surface area contributed by atoms with E-state index in [9.17, 15) is 24.9 Å². The van der Waals surface area contributed by atoms with Gasteiger partial charge in [0.15, 0.2) is 0 Å². The van der Waals surface area contributed by atoms with Gasteiger partial charge < -0.3 is 24.8 Å². The van der Waals surface area contributed by atoms with Crippen LogP contribution >= 0.6 is 0 Å². The number of rotatable bonds is 3. The molecule has 164 valence electrons. The van der Waals surface area contributed by atoms with Crippen molar-refractivity contribution in [3.05, 3.63) is 11.3 Å². The lowest BCUT2D eigenvalue weighted by atomic mass is 9.83. The van der Waals surface area contributed by atoms with Gasteiger partial charge in [-0.1, -0.05) is 20.3 Å². The average Bonchev–Trinajstić information content (AvgIpc) is 2.96. The Hall–Kier alpha value is -1.44.